The first-order valence-electron chi connectivity index (χ1n) is 8.83. The second kappa shape index (κ2) is 8.79. The fourth-order valence-corrected chi connectivity index (χ4v) is 4.34. The highest BCUT2D eigenvalue weighted by Crippen LogP contribution is 2.29. The number of carbonyl (C=O) groups excluding carboxylic acids is 1. The van der Waals surface area contributed by atoms with Crippen LogP contribution in [0.3, 0.4) is 0 Å². The Morgan fingerprint density at radius 1 is 1.17 bits per heavy atom. The first-order valence-corrected chi connectivity index (χ1v) is 10.6. The molecule has 0 atom stereocenters. The Bertz CT molecular complexity index is 1040. The van der Waals surface area contributed by atoms with E-state index in [0.29, 0.717) is 41.6 Å². The van der Waals surface area contributed by atoms with Crippen molar-refractivity contribution in [1.82, 2.24) is 14.5 Å². The van der Waals surface area contributed by atoms with Crippen molar-refractivity contribution in [2.45, 2.75) is 30.5 Å². The number of carbonyl (C=O) groups is 1. The van der Waals surface area contributed by atoms with Crippen LogP contribution in [0.1, 0.15) is 10.6 Å². The SMILES string of the molecule is O=C(Cn1c(SC(F)F)nc2ccccc21)N(Cc1ccco1)Cc1cccs1. The van der Waals surface area contributed by atoms with Gasteiger partial charge in [0.1, 0.15) is 12.3 Å². The van der Waals surface area contributed by atoms with Crippen LogP contribution in [0.4, 0.5) is 8.78 Å². The zero-order chi connectivity index (χ0) is 20.2. The van der Waals surface area contributed by atoms with Gasteiger partial charge in [-0.2, -0.15) is 8.78 Å². The van der Waals surface area contributed by atoms with Gasteiger partial charge in [-0.15, -0.1) is 11.3 Å². The van der Waals surface area contributed by atoms with Crippen molar-refractivity contribution < 1.29 is 18.0 Å². The van der Waals surface area contributed by atoms with Crippen molar-refractivity contribution in [2.24, 2.45) is 0 Å². The lowest BCUT2D eigenvalue weighted by atomic mass is 10.3. The molecule has 0 aliphatic rings. The molecule has 5 nitrogen and oxygen atoms in total. The summed E-state index contributed by atoms with van der Waals surface area (Å²) >= 11 is 1.90. The molecule has 0 saturated carbocycles. The highest BCUT2D eigenvalue weighted by Gasteiger charge is 2.22. The lowest BCUT2D eigenvalue weighted by Gasteiger charge is -2.22. The molecule has 4 rings (SSSR count). The van der Waals surface area contributed by atoms with Gasteiger partial charge in [0.2, 0.25) is 5.91 Å². The van der Waals surface area contributed by atoms with E-state index >= 15 is 0 Å². The summed E-state index contributed by atoms with van der Waals surface area (Å²) < 4.78 is 33.0. The van der Waals surface area contributed by atoms with Crippen LogP contribution in [0.25, 0.3) is 11.0 Å². The van der Waals surface area contributed by atoms with Crippen molar-refractivity contribution >= 4 is 40.0 Å². The van der Waals surface area contributed by atoms with Crippen LogP contribution in [0, 0.1) is 0 Å². The molecule has 150 valence electrons. The predicted octanol–water partition coefficient (Wildman–Crippen LogP) is 5.23. The molecule has 1 aromatic carbocycles. The Balaban J connectivity index is 1.62. The van der Waals surface area contributed by atoms with Gasteiger partial charge < -0.3 is 13.9 Å². The van der Waals surface area contributed by atoms with E-state index in [1.165, 1.54) is 0 Å². The summed E-state index contributed by atoms with van der Waals surface area (Å²) in [7, 11) is 0. The third-order valence-corrected chi connectivity index (χ3v) is 5.88. The van der Waals surface area contributed by atoms with Gasteiger partial charge in [0.25, 0.3) is 5.76 Å². The minimum Gasteiger partial charge on any atom is -0.467 e. The first kappa shape index (κ1) is 19.7. The molecule has 0 N–H and O–H groups in total. The molecule has 9 heteroatoms. The minimum absolute atomic E-state index is 0.0817. The molecule has 0 bridgehead atoms. The summed E-state index contributed by atoms with van der Waals surface area (Å²) in [5.74, 6) is -2.16. The maximum Gasteiger partial charge on any atom is 0.291 e. The van der Waals surface area contributed by atoms with Crippen molar-refractivity contribution in [2.75, 3.05) is 0 Å². The number of benzene rings is 1. The standard InChI is InChI=1S/C20H17F2N3O2S2/c21-19(22)29-20-23-16-7-1-2-8-17(16)25(20)13-18(26)24(11-14-5-3-9-27-14)12-15-6-4-10-28-15/h1-10,19H,11-13H2. The molecule has 0 aliphatic carbocycles. The number of nitrogens with zero attached hydrogens (tertiary/aromatic N) is 3. The quantitative estimate of drug-likeness (QED) is 0.357. The molecule has 1 amide bonds. The third-order valence-electron chi connectivity index (χ3n) is 4.31. The van der Waals surface area contributed by atoms with E-state index in [4.69, 9.17) is 4.42 Å². The maximum absolute atomic E-state index is 13.2. The smallest absolute Gasteiger partial charge is 0.291 e. The summed E-state index contributed by atoms with van der Waals surface area (Å²) in [6.07, 6.45) is 1.56. The molecule has 29 heavy (non-hydrogen) atoms. The summed E-state index contributed by atoms with van der Waals surface area (Å²) in [6, 6.07) is 14.6. The Morgan fingerprint density at radius 2 is 2.03 bits per heavy atom. The van der Waals surface area contributed by atoms with Crippen molar-refractivity contribution in [1.29, 1.82) is 0 Å². The van der Waals surface area contributed by atoms with E-state index in [1.54, 1.807) is 63.5 Å². The zero-order valence-electron chi connectivity index (χ0n) is 15.2. The third kappa shape index (κ3) is 4.68. The van der Waals surface area contributed by atoms with E-state index in [1.807, 2.05) is 17.5 Å². The first-order chi connectivity index (χ1) is 14.1. The topological polar surface area (TPSA) is 51.3 Å². The molecular formula is C20H17F2N3O2S2. The molecule has 3 heterocycles. The number of amides is 1. The van der Waals surface area contributed by atoms with Gasteiger partial charge in [0.05, 0.1) is 30.4 Å². The lowest BCUT2D eigenvalue weighted by Crippen LogP contribution is -2.32. The Kier molecular flexibility index (Phi) is 5.96. The predicted molar refractivity (Wildman–Crippen MR) is 109 cm³/mol. The summed E-state index contributed by atoms with van der Waals surface area (Å²) in [4.78, 5) is 20.2. The average molecular weight is 434 g/mol. The van der Waals surface area contributed by atoms with Crippen molar-refractivity contribution in [3.8, 4) is 0 Å². The average Bonchev–Trinajstić information content (AvgIpc) is 3.44. The van der Waals surface area contributed by atoms with Crippen LogP contribution in [-0.4, -0.2) is 26.1 Å². The number of para-hydroxylation sites is 2. The highest BCUT2D eigenvalue weighted by molar-refractivity contribution is 7.99. The fraction of sp³-hybridized carbons (Fsp3) is 0.200. The Hall–Kier alpha value is -2.65. The number of halogens is 2. The van der Waals surface area contributed by atoms with Gasteiger partial charge in [0, 0.05) is 4.88 Å². The molecule has 4 aromatic rings. The molecule has 0 aliphatic heterocycles. The van der Waals surface area contributed by atoms with E-state index < -0.39 is 5.76 Å². The summed E-state index contributed by atoms with van der Waals surface area (Å²) in [5.41, 5.74) is 1.23. The Labute approximate surface area is 174 Å². The van der Waals surface area contributed by atoms with E-state index in [9.17, 15) is 13.6 Å². The number of thiophene rings is 1. The summed E-state index contributed by atoms with van der Waals surface area (Å²) in [6.45, 7) is 0.635. The van der Waals surface area contributed by atoms with Crippen LogP contribution in [-0.2, 0) is 24.4 Å². The van der Waals surface area contributed by atoms with Crippen LogP contribution in [0.5, 0.6) is 0 Å². The number of hydrogen-bond donors (Lipinski definition) is 0. The fourth-order valence-electron chi connectivity index (χ4n) is 3.02. The highest BCUT2D eigenvalue weighted by atomic mass is 32.2. The molecule has 0 saturated heterocycles. The number of thioether (sulfide) groups is 1. The molecular weight excluding hydrogens is 416 g/mol. The molecule has 0 fully saturated rings. The largest absolute Gasteiger partial charge is 0.467 e. The van der Waals surface area contributed by atoms with E-state index in [0.717, 1.165) is 4.88 Å². The van der Waals surface area contributed by atoms with Gasteiger partial charge in [-0.1, -0.05) is 18.2 Å². The van der Waals surface area contributed by atoms with Crippen LogP contribution in [0.2, 0.25) is 0 Å². The number of imidazole rings is 1. The van der Waals surface area contributed by atoms with Gasteiger partial charge in [-0.05, 0) is 47.5 Å². The van der Waals surface area contributed by atoms with Crippen LogP contribution >= 0.6 is 23.1 Å². The second-order valence-electron chi connectivity index (χ2n) is 6.26. The number of alkyl halides is 2. The van der Waals surface area contributed by atoms with E-state index in [2.05, 4.69) is 4.98 Å². The minimum atomic E-state index is -2.62. The zero-order valence-corrected chi connectivity index (χ0v) is 16.8. The maximum atomic E-state index is 13.2. The number of aromatic nitrogens is 2. The number of rotatable bonds is 8. The van der Waals surface area contributed by atoms with Gasteiger partial charge in [0.15, 0.2) is 5.16 Å². The van der Waals surface area contributed by atoms with Crippen LogP contribution in [0.15, 0.2) is 69.7 Å². The van der Waals surface area contributed by atoms with Crippen LogP contribution < -0.4 is 0 Å². The van der Waals surface area contributed by atoms with E-state index in [-0.39, 0.29) is 17.6 Å². The number of hydrogen-bond acceptors (Lipinski definition) is 5. The van der Waals surface area contributed by atoms with Crippen molar-refractivity contribution in [3.05, 3.63) is 70.8 Å². The monoisotopic (exact) mass is 433 g/mol. The van der Waals surface area contributed by atoms with Gasteiger partial charge >= 0.3 is 0 Å². The normalized spacial score (nSPS) is 11.4. The van der Waals surface area contributed by atoms with Gasteiger partial charge in [-0.25, -0.2) is 4.98 Å². The molecule has 0 radical (unpaired) electrons. The molecule has 0 spiro atoms. The Morgan fingerprint density at radius 3 is 2.76 bits per heavy atom. The summed E-state index contributed by atoms with van der Waals surface area (Å²) in [5, 5.41) is 2.08. The van der Waals surface area contributed by atoms with Gasteiger partial charge in [-0.3, -0.25) is 4.79 Å². The molecule has 0 unspecified atom stereocenters. The lowest BCUT2D eigenvalue weighted by molar-refractivity contribution is -0.133. The number of fused-ring (bicyclic) bond motifs is 1. The second-order valence-corrected chi connectivity index (χ2v) is 8.25. The molecule has 3 aromatic heterocycles. The van der Waals surface area contributed by atoms with Crippen molar-refractivity contribution in [3.63, 3.8) is 0 Å². The number of furan rings is 1.